The van der Waals surface area contributed by atoms with Crippen molar-refractivity contribution in [3.05, 3.63) is 0 Å². The molecule has 0 bridgehead atoms. The molecule has 0 aliphatic rings. The molecule has 18 heavy (non-hydrogen) atoms. The van der Waals surface area contributed by atoms with Crippen LogP contribution in [0.2, 0.25) is 0 Å². The molecule has 0 N–H and O–H groups in total. The molecular weight excluding hydrogens is 224 g/mol. The zero-order valence-electron chi connectivity index (χ0n) is 13.5. The van der Waals surface area contributed by atoms with Gasteiger partial charge in [-0.3, -0.25) is 0 Å². The molecular formula is C16H34O2. The van der Waals surface area contributed by atoms with Gasteiger partial charge in [0.15, 0.2) is 0 Å². The third-order valence-electron chi connectivity index (χ3n) is 3.04. The summed E-state index contributed by atoms with van der Waals surface area (Å²) in [4.78, 5) is 10.7. The molecule has 0 fully saturated rings. The fraction of sp³-hybridized carbons (Fsp3) is 1.00. The molecule has 0 rings (SSSR count). The zero-order chi connectivity index (χ0) is 14.1. The predicted octanol–water partition coefficient (Wildman–Crippen LogP) is 5.51. The first kappa shape index (κ1) is 17.9. The molecule has 0 saturated heterocycles. The highest BCUT2D eigenvalue weighted by Crippen LogP contribution is 2.22. The van der Waals surface area contributed by atoms with Crippen LogP contribution in [0.3, 0.4) is 0 Å². The van der Waals surface area contributed by atoms with Crippen LogP contribution in [-0.4, -0.2) is 12.2 Å². The van der Waals surface area contributed by atoms with Gasteiger partial charge >= 0.3 is 0 Å². The maximum Gasteiger partial charge on any atom is 0.0980 e. The fourth-order valence-electron chi connectivity index (χ4n) is 2.01. The predicted molar refractivity (Wildman–Crippen MR) is 78.6 cm³/mol. The standard InChI is InChI=1S/C16H34O2/c1-7-12-16(5,6)18-17-14-11-9-8-10-13-15(2,3)4/h7-14H2,1-6H3. The van der Waals surface area contributed by atoms with E-state index in [1.165, 1.54) is 25.7 Å². The SMILES string of the molecule is CCCC(C)(C)OOCCCCCCC(C)(C)C. The second-order valence-electron chi connectivity index (χ2n) is 7.14. The van der Waals surface area contributed by atoms with E-state index in [0.29, 0.717) is 5.41 Å². The van der Waals surface area contributed by atoms with E-state index in [1.807, 2.05) is 0 Å². The minimum Gasteiger partial charge on any atom is -0.236 e. The summed E-state index contributed by atoms with van der Waals surface area (Å²) in [5.41, 5.74) is 0.338. The van der Waals surface area contributed by atoms with Crippen molar-refractivity contribution in [2.75, 3.05) is 6.61 Å². The Bertz CT molecular complexity index is 192. The van der Waals surface area contributed by atoms with E-state index < -0.39 is 0 Å². The molecule has 2 nitrogen and oxygen atoms in total. The Morgan fingerprint density at radius 1 is 0.778 bits per heavy atom. The minimum absolute atomic E-state index is 0.138. The maximum absolute atomic E-state index is 5.43. The third-order valence-corrected chi connectivity index (χ3v) is 3.04. The lowest BCUT2D eigenvalue weighted by Gasteiger charge is -2.22. The second-order valence-corrected chi connectivity index (χ2v) is 7.14. The first-order valence-corrected chi connectivity index (χ1v) is 7.57. The summed E-state index contributed by atoms with van der Waals surface area (Å²) in [6.07, 6.45) is 8.46. The molecule has 0 aliphatic heterocycles. The van der Waals surface area contributed by atoms with Crippen LogP contribution in [0, 0.1) is 5.41 Å². The lowest BCUT2D eigenvalue weighted by molar-refractivity contribution is -0.354. The molecule has 0 heterocycles. The molecule has 0 aromatic rings. The van der Waals surface area contributed by atoms with Crippen molar-refractivity contribution in [1.82, 2.24) is 0 Å². The zero-order valence-corrected chi connectivity index (χ0v) is 13.5. The van der Waals surface area contributed by atoms with Crippen LogP contribution in [0.25, 0.3) is 0 Å². The van der Waals surface area contributed by atoms with E-state index in [2.05, 4.69) is 41.5 Å². The number of unbranched alkanes of at least 4 members (excludes halogenated alkanes) is 3. The summed E-state index contributed by atoms with van der Waals surface area (Å²) in [7, 11) is 0. The van der Waals surface area contributed by atoms with E-state index in [-0.39, 0.29) is 5.60 Å². The van der Waals surface area contributed by atoms with Crippen molar-refractivity contribution < 1.29 is 9.78 Å². The Morgan fingerprint density at radius 2 is 1.39 bits per heavy atom. The average Bonchev–Trinajstić information content (AvgIpc) is 2.20. The molecule has 0 saturated carbocycles. The van der Waals surface area contributed by atoms with Crippen LogP contribution in [0.1, 0.15) is 86.5 Å². The average molecular weight is 258 g/mol. The van der Waals surface area contributed by atoms with Gasteiger partial charge in [0.2, 0.25) is 0 Å². The van der Waals surface area contributed by atoms with Crippen molar-refractivity contribution in [3.8, 4) is 0 Å². The van der Waals surface area contributed by atoms with Crippen molar-refractivity contribution >= 4 is 0 Å². The van der Waals surface area contributed by atoms with E-state index >= 15 is 0 Å². The molecule has 2 heteroatoms. The number of hydrogen-bond donors (Lipinski definition) is 0. The highest BCUT2D eigenvalue weighted by atomic mass is 17.2. The van der Waals surface area contributed by atoms with Crippen LogP contribution < -0.4 is 0 Å². The molecule has 0 aromatic carbocycles. The smallest absolute Gasteiger partial charge is 0.0980 e. The summed E-state index contributed by atoms with van der Waals surface area (Å²) >= 11 is 0. The highest BCUT2D eigenvalue weighted by Gasteiger charge is 2.18. The lowest BCUT2D eigenvalue weighted by atomic mass is 9.89. The molecule has 0 spiro atoms. The molecule has 110 valence electrons. The monoisotopic (exact) mass is 258 g/mol. The van der Waals surface area contributed by atoms with Gasteiger partial charge in [-0.25, -0.2) is 9.78 Å². The molecule has 0 aromatic heterocycles. The van der Waals surface area contributed by atoms with Gasteiger partial charge in [-0.15, -0.1) is 0 Å². The summed E-state index contributed by atoms with van der Waals surface area (Å²) in [5, 5.41) is 0. The maximum atomic E-state index is 5.43. The van der Waals surface area contributed by atoms with Crippen LogP contribution >= 0.6 is 0 Å². The summed E-state index contributed by atoms with van der Waals surface area (Å²) in [5.74, 6) is 0. The minimum atomic E-state index is -0.138. The van der Waals surface area contributed by atoms with Crippen molar-refractivity contribution in [3.63, 3.8) is 0 Å². The summed E-state index contributed by atoms with van der Waals surface area (Å²) < 4.78 is 0. The second kappa shape index (κ2) is 8.92. The summed E-state index contributed by atoms with van der Waals surface area (Å²) in [6, 6.07) is 0. The van der Waals surface area contributed by atoms with E-state index in [9.17, 15) is 0 Å². The number of rotatable bonds is 10. The molecule has 0 amide bonds. The van der Waals surface area contributed by atoms with Gasteiger partial charge in [-0.05, 0) is 38.5 Å². The first-order valence-electron chi connectivity index (χ1n) is 7.57. The van der Waals surface area contributed by atoms with Gasteiger partial charge in [0, 0.05) is 0 Å². The normalized spacial score (nSPS) is 13.0. The van der Waals surface area contributed by atoms with Crippen LogP contribution in [0.4, 0.5) is 0 Å². The highest BCUT2D eigenvalue weighted by molar-refractivity contribution is 4.64. The van der Waals surface area contributed by atoms with Gasteiger partial charge < -0.3 is 0 Å². The Kier molecular flexibility index (Phi) is 8.89. The Morgan fingerprint density at radius 3 is 1.94 bits per heavy atom. The van der Waals surface area contributed by atoms with Crippen LogP contribution in [0.5, 0.6) is 0 Å². The number of hydrogen-bond acceptors (Lipinski definition) is 2. The van der Waals surface area contributed by atoms with Crippen molar-refractivity contribution in [1.29, 1.82) is 0 Å². The third kappa shape index (κ3) is 12.4. The van der Waals surface area contributed by atoms with E-state index in [0.717, 1.165) is 25.9 Å². The summed E-state index contributed by atoms with van der Waals surface area (Å²) in [6.45, 7) is 14.0. The van der Waals surface area contributed by atoms with Gasteiger partial charge in [-0.1, -0.05) is 53.4 Å². The molecule has 0 aliphatic carbocycles. The largest absolute Gasteiger partial charge is 0.236 e. The molecule has 0 unspecified atom stereocenters. The Hall–Kier alpha value is -0.0800. The Balaban J connectivity index is 3.31. The van der Waals surface area contributed by atoms with E-state index in [1.54, 1.807) is 0 Å². The van der Waals surface area contributed by atoms with Gasteiger partial charge in [0.25, 0.3) is 0 Å². The Labute approximate surface area is 114 Å². The van der Waals surface area contributed by atoms with Crippen molar-refractivity contribution in [2.45, 2.75) is 92.1 Å². The quantitative estimate of drug-likeness (QED) is 0.292. The lowest BCUT2D eigenvalue weighted by Crippen LogP contribution is -2.24. The van der Waals surface area contributed by atoms with Gasteiger partial charge in [0.1, 0.15) is 0 Å². The topological polar surface area (TPSA) is 18.5 Å². The van der Waals surface area contributed by atoms with Crippen LogP contribution in [-0.2, 0) is 9.78 Å². The van der Waals surface area contributed by atoms with Gasteiger partial charge in [-0.2, -0.15) is 0 Å². The molecule has 0 radical (unpaired) electrons. The first-order chi connectivity index (χ1) is 8.27. The molecule has 0 atom stereocenters. The fourth-order valence-corrected chi connectivity index (χ4v) is 2.01. The van der Waals surface area contributed by atoms with E-state index in [4.69, 9.17) is 9.78 Å². The van der Waals surface area contributed by atoms with Gasteiger partial charge in [0.05, 0.1) is 12.2 Å². The van der Waals surface area contributed by atoms with Crippen molar-refractivity contribution in [2.24, 2.45) is 5.41 Å². The van der Waals surface area contributed by atoms with Crippen LogP contribution in [0.15, 0.2) is 0 Å².